The van der Waals surface area contributed by atoms with Gasteiger partial charge in [0.05, 0.1) is 11.3 Å². The van der Waals surface area contributed by atoms with E-state index < -0.39 is 5.97 Å². The first-order valence-electron chi connectivity index (χ1n) is 7.69. The molecule has 1 fully saturated rings. The van der Waals surface area contributed by atoms with Crippen LogP contribution >= 0.6 is 27.7 Å². The number of benzene rings is 1. The molecular weight excluding hydrogens is 362 g/mol. The van der Waals surface area contributed by atoms with Gasteiger partial charge in [-0.1, -0.05) is 20.8 Å². The van der Waals surface area contributed by atoms with Crippen molar-refractivity contribution in [2.45, 2.75) is 39.2 Å². The summed E-state index contributed by atoms with van der Waals surface area (Å²) in [6.45, 7) is 7.77. The van der Waals surface area contributed by atoms with Crippen LogP contribution in [0.5, 0.6) is 0 Å². The summed E-state index contributed by atoms with van der Waals surface area (Å²) in [7, 11) is 0. The smallest absolute Gasteiger partial charge is 0.335 e. The molecule has 2 aliphatic heterocycles. The molecule has 0 amide bonds. The number of carboxylic acids is 1. The molecule has 0 saturated carbocycles. The van der Waals surface area contributed by atoms with Gasteiger partial charge in [0.25, 0.3) is 0 Å². The van der Waals surface area contributed by atoms with Gasteiger partial charge in [-0.25, -0.2) is 4.79 Å². The first kappa shape index (κ1) is 16.2. The largest absolute Gasteiger partial charge is 0.478 e. The molecule has 0 aromatic heterocycles. The van der Waals surface area contributed by atoms with E-state index in [0.29, 0.717) is 17.5 Å². The number of carbonyl (C=O) groups is 1. The molecule has 2 unspecified atom stereocenters. The highest BCUT2D eigenvalue weighted by atomic mass is 79.9. The Morgan fingerprint density at radius 2 is 2.18 bits per heavy atom. The molecule has 2 heterocycles. The number of carboxylic acid groups (broad SMARTS) is 1. The van der Waals surface area contributed by atoms with Crippen LogP contribution in [0.3, 0.4) is 0 Å². The fraction of sp³-hybridized carbons (Fsp3) is 0.588. The molecule has 0 bridgehead atoms. The Kier molecular flexibility index (Phi) is 4.23. The monoisotopic (exact) mass is 383 g/mol. The second-order valence-corrected chi connectivity index (χ2v) is 9.43. The van der Waals surface area contributed by atoms with E-state index in [1.54, 1.807) is 6.07 Å². The molecule has 1 aromatic rings. The van der Waals surface area contributed by atoms with Crippen molar-refractivity contribution in [3.63, 3.8) is 0 Å². The normalized spacial score (nSPS) is 24.1. The van der Waals surface area contributed by atoms with Gasteiger partial charge >= 0.3 is 5.97 Å². The summed E-state index contributed by atoms with van der Waals surface area (Å²) < 4.78 is 0.922. The van der Waals surface area contributed by atoms with E-state index in [1.165, 1.54) is 17.0 Å². The van der Waals surface area contributed by atoms with Gasteiger partial charge in [-0.3, -0.25) is 0 Å². The number of rotatable bonds is 2. The third kappa shape index (κ3) is 2.90. The zero-order valence-electron chi connectivity index (χ0n) is 13.2. The average molecular weight is 384 g/mol. The second kappa shape index (κ2) is 5.75. The molecule has 1 aromatic carbocycles. The maximum Gasteiger partial charge on any atom is 0.335 e. The minimum atomic E-state index is -0.848. The summed E-state index contributed by atoms with van der Waals surface area (Å²) in [5.41, 5.74) is 3.04. The number of fused-ring (bicyclic) bond motifs is 3. The van der Waals surface area contributed by atoms with Crippen LogP contribution in [0.2, 0.25) is 0 Å². The van der Waals surface area contributed by atoms with E-state index in [2.05, 4.69) is 41.6 Å². The Morgan fingerprint density at radius 3 is 2.82 bits per heavy atom. The fourth-order valence-electron chi connectivity index (χ4n) is 3.60. The van der Waals surface area contributed by atoms with Crippen LogP contribution in [-0.2, 0) is 0 Å². The number of anilines is 1. The minimum absolute atomic E-state index is 0.208. The van der Waals surface area contributed by atoms with Crippen molar-refractivity contribution in [1.29, 1.82) is 0 Å². The van der Waals surface area contributed by atoms with Crippen molar-refractivity contribution < 1.29 is 9.90 Å². The van der Waals surface area contributed by atoms with E-state index in [0.717, 1.165) is 23.2 Å². The number of nitrogens with zero attached hydrogens (tertiary/aromatic N) is 1. The lowest BCUT2D eigenvalue weighted by Crippen LogP contribution is -2.42. The Labute approximate surface area is 144 Å². The summed E-state index contributed by atoms with van der Waals surface area (Å²) in [6, 6.07) is 4.15. The van der Waals surface area contributed by atoms with Gasteiger partial charge in [0.1, 0.15) is 0 Å². The molecule has 0 radical (unpaired) electrons. The summed E-state index contributed by atoms with van der Waals surface area (Å²) in [6.07, 6.45) is 1.14. The van der Waals surface area contributed by atoms with Gasteiger partial charge in [-0.05, 0) is 51.2 Å². The zero-order valence-corrected chi connectivity index (χ0v) is 15.6. The third-order valence-electron chi connectivity index (χ3n) is 4.40. The predicted octanol–water partition coefficient (Wildman–Crippen LogP) is 4.60. The molecule has 1 N–H and O–H groups in total. The van der Waals surface area contributed by atoms with Crippen LogP contribution < -0.4 is 4.90 Å². The summed E-state index contributed by atoms with van der Waals surface area (Å²) in [4.78, 5) is 13.9. The average Bonchev–Trinajstić information content (AvgIpc) is 2.72. The van der Waals surface area contributed by atoms with E-state index in [-0.39, 0.29) is 5.41 Å². The molecule has 3 rings (SSSR count). The number of aromatic carboxylic acids is 1. The van der Waals surface area contributed by atoms with Gasteiger partial charge in [-0.15, -0.1) is 0 Å². The number of halogens is 1. The van der Waals surface area contributed by atoms with Crippen LogP contribution in [-0.4, -0.2) is 35.2 Å². The molecule has 0 aliphatic carbocycles. The number of hydrogen-bond acceptors (Lipinski definition) is 3. The van der Waals surface area contributed by atoms with E-state index in [1.807, 2.05) is 17.8 Å². The lowest BCUT2D eigenvalue weighted by Gasteiger charge is -2.37. The van der Waals surface area contributed by atoms with E-state index in [4.69, 9.17) is 0 Å². The number of hydrogen-bond donors (Lipinski definition) is 1. The molecule has 120 valence electrons. The summed E-state index contributed by atoms with van der Waals surface area (Å²) >= 11 is 5.65. The highest BCUT2D eigenvalue weighted by molar-refractivity contribution is 9.10. The van der Waals surface area contributed by atoms with Crippen molar-refractivity contribution >= 4 is 39.3 Å². The molecule has 0 spiro atoms. The maximum atomic E-state index is 11.4. The van der Waals surface area contributed by atoms with E-state index >= 15 is 0 Å². The van der Waals surface area contributed by atoms with Crippen LogP contribution in [0.1, 0.15) is 49.0 Å². The second-order valence-electron chi connectivity index (χ2n) is 7.43. The molecular formula is C17H22BrNO2S. The standard InChI is InChI=1S/C17H22BrNO2S/c1-17(2,3)9-19-14-8-22-5-4-11(14)12-6-10(16(20)21)7-13(18)15(12)19/h6-7,11,14H,4-5,8-9H2,1-3H3,(H,20,21). The van der Waals surface area contributed by atoms with Gasteiger partial charge in [0.2, 0.25) is 0 Å². The van der Waals surface area contributed by atoms with Crippen LogP contribution in [0.4, 0.5) is 5.69 Å². The lowest BCUT2D eigenvalue weighted by molar-refractivity contribution is 0.0696. The third-order valence-corrected chi connectivity index (χ3v) is 6.10. The van der Waals surface area contributed by atoms with Gasteiger partial charge < -0.3 is 10.0 Å². The van der Waals surface area contributed by atoms with Crippen molar-refractivity contribution in [2.24, 2.45) is 5.41 Å². The Hall–Kier alpha value is -0.680. The van der Waals surface area contributed by atoms with E-state index in [9.17, 15) is 9.90 Å². The Balaban J connectivity index is 2.10. The summed E-state index contributed by atoms with van der Waals surface area (Å²) in [5, 5.41) is 9.35. The molecule has 2 atom stereocenters. The lowest BCUT2D eigenvalue weighted by atomic mass is 9.91. The predicted molar refractivity (Wildman–Crippen MR) is 96.4 cm³/mol. The quantitative estimate of drug-likeness (QED) is 0.809. The first-order valence-corrected chi connectivity index (χ1v) is 9.64. The maximum absolute atomic E-state index is 11.4. The minimum Gasteiger partial charge on any atom is -0.478 e. The highest BCUT2D eigenvalue weighted by Gasteiger charge is 2.42. The van der Waals surface area contributed by atoms with Gasteiger partial charge in [0.15, 0.2) is 0 Å². The topological polar surface area (TPSA) is 40.5 Å². The first-order chi connectivity index (χ1) is 10.3. The van der Waals surface area contributed by atoms with Crippen molar-refractivity contribution in [1.82, 2.24) is 0 Å². The fourth-order valence-corrected chi connectivity index (χ4v) is 5.54. The Morgan fingerprint density at radius 1 is 1.45 bits per heavy atom. The van der Waals surface area contributed by atoms with Crippen molar-refractivity contribution in [3.8, 4) is 0 Å². The van der Waals surface area contributed by atoms with Crippen LogP contribution in [0.15, 0.2) is 16.6 Å². The molecule has 3 nitrogen and oxygen atoms in total. The Bertz CT molecular complexity index is 611. The van der Waals surface area contributed by atoms with Crippen LogP contribution in [0.25, 0.3) is 0 Å². The van der Waals surface area contributed by atoms with Gasteiger partial charge in [0, 0.05) is 28.7 Å². The molecule has 22 heavy (non-hydrogen) atoms. The SMILES string of the molecule is CC(C)(C)CN1c2c(Br)cc(C(=O)O)cc2C2CCSCC21. The van der Waals surface area contributed by atoms with Gasteiger partial charge in [-0.2, -0.15) is 11.8 Å². The highest BCUT2D eigenvalue weighted by Crippen LogP contribution is 2.50. The van der Waals surface area contributed by atoms with Crippen molar-refractivity contribution in [3.05, 3.63) is 27.7 Å². The zero-order chi connectivity index (χ0) is 16.1. The van der Waals surface area contributed by atoms with Crippen LogP contribution in [0, 0.1) is 5.41 Å². The summed E-state index contributed by atoms with van der Waals surface area (Å²) in [5.74, 6) is 1.91. The molecule has 5 heteroatoms. The molecule has 2 aliphatic rings. The molecule has 1 saturated heterocycles. The van der Waals surface area contributed by atoms with Crippen molar-refractivity contribution in [2.75, 3.05) is 23.0 Å². The number of thioether (sulfide) groups is 1.